The number of ether oxygens (including phenoxy) is 4. The Morgan fingerprint density at radius 2 is 2.03 bits per heavy atom. The van der Waals surface area contributed by atoms with Gasteiger partial charge in [-0.1, -0.05) is 0 Å². The lowest BCUT2D eigenvalue weighted by atomic mass is 10.1. The van der Waals surface area contributed by atoms with Crippen LogP contribution in [0.3, 0.4) is 0 Å². The Bertz CT molecular complexity index is 1380. The highest BCUT2D eigenvalue weighted by atomic mass is 16.7. The van der Waals surface area contributed by atoms with Crippen LogP contribution in [0, 0.1) is 6.92 Å². The highest BCUT2D eigenvalue weighted by Gasteiger charge is 2.45. The van der Waals surface area contributed by atoms with Crippen LogP contribution in [0.4, 0.5) is 5.82 Å². The number of nitrogens with one attached hydrogen (secondary N) is 1. The van der Waals surface area contributed by atoms with Crippen molar-refractivity contribution in [2.45, 2.75) is 44.4 Å². The molecule has 2 fully saturated rings. The second-order valence-electron chi connectivity index (χ2n) is 9.02. The van der Waals surface area contributed by atoms with Gasteiger partial charge < -0.3 is 28.7 Å². The number of nitrogens with zero attached hydrogens (tertiary/aromatic N) is 5. The minimum Gasteiger partial charge on any atom is -0.497 e. The third-order valence-corrected chi connectivity index (χ3v) is 6.90. The molecule has 4 aromatic rings. The second kappa shape index (κ2) is 9.07. The normalized spacial score (nSPS) is 18.8. The van der Waals surface area contributed by atoms with Gasteiger partial charge in [-0.25, -0.2) is 19.5 Å². The minimum absolute atomic E-state index is 0.141. The third kappa shape index (κ3) is 3.94. The first kappa shape index (κ1) is 22.7. The number of hydrogen-bond acceptors (Lipinski definition) is 10. The van der Waals surface area contributed by atoms with Gasteiger partial charge >= 0.3 is 0 Å². The highest BCUT2D eigenvalue weighted by Crippen LogP contribution is 2.45. The van der Waals surface area contributed by atoms with Crippen LogP contribution in [0.5, 0.6) is 11.5 Å². The molecule has 3 aromatic heterocycles. The molecule has 0 radical (unpaired) electrons. The summed E-state index contributed by atoms with van der Waals surface area (Å²) in [5, 5.41) is 8.32. The molecule has 1 spiro atoms. The maximum Gasteiger partial charge on any atom is 0.246 e. The van der Waals surface area contributed by atoms with E-state index in [4.69, 9.17) is 38.4 Å². The zero-order chi connectivity index (χ0) is 24.7. The summed E-state index contributed by atoms with van der Waals surface area (Å²) in [5.41, 5.74) is 2.97. The van der Waals surface area contributed by atoms with Crippen LogP contribution >= 0.6 is 0 Å². The molecule has 0 bridgehead atoms. The van der Waals surface area contributed by atoms with Gasteiger partial charge in [-0.15, -0.1) is 0 Å². The second-order valence-corrected chi connectivity index (χ2v) is 9.02. The summed E-state index contributed by atoms with van der Waals surface area (Å²) in [6.07, 6.45) is 5.62. The molecule has 1 unspecified atom stereocenters. The number of methoxy groups -OCH3 is 2. The Morgan fingerprint density at radius 1 is 1.17 bits per heavy atom. The first-order valence-corrected chi connectivity index (χ1v) is 12.0. The number of benzene rings is 1. The molecule has 1 aromatic carbocycles. The summed E-state index contributed by atoms with van der Waals surface area (Å²) in [6, 6.07) is 5.71. The average Bonchev–Trinajstić information content (AvgIpc) is 3.72. The van der Waals surface area contributed by atoms with E-state index in [1.165, 1.54) is 6.26 Å². The van der Waals surface area contributed by atoms with Crippen molar-refractivity contribution in [2.24, 2.45) is 0 Å². The molecule has 36 heavy (non-hydrogen) atoms. The molecule has 2 aliphatic rings. The van der Waals surface area contributed by atoms with Crippen LogP contribution in [-0.2, 0) is 16.0 Å². The lowest BCUT2D eigenvalue weighted by Gasteiger charge is -2.20. The smallest absolute Gasteiger partial charge is 0.246 e. The molecular weight excluding hydrogens is 464 g/mol. The van der Waals surface area contributed by atoms with Crippen molar-refractivity contribution in [3.8, 4) is 23.1 Å². The molecule has 1 N–H and O–H groups in total. The molecular formula is C25H28N6O5. The predicted octanol–water partition coefficient (Wildman–Crippen LogP) is 3.73. The van der Waals surface area contributed by atoms with E-state index >= 15 is 0 Å². The van der Waals surface area contributed by atoms with Crippen LogP contribution in [0.25, 0.3) is 17.2 Å². The summed E-state index contributed by atoms with van der Waals surface area (Å²) >= 11 is 0. The maximum absolute atomic E-state index is 5.92. The third-order valence-electron chi connectivity index (χ3n) is 6.90. The summed E-state index contributed by atoms with van der Waals surface area (Å²) in [7, 11) is 3.27. The van der Waals surface area contributed by atoms with Gasteiger partial charge in [-0.2, -0.15) is 5.10 Å². The van der Waals surface area contributed by atoms with E-state index in [-0.39, 0.29) is 5.92 Å². The topological polar surface area (TPSA) is 118 Å². The molecule has 1 saturated heterocycles. The van der Waals surface area contributed by atoms with Crippen LogP contribution in [-0.4, -0.2) is 57.8 Å². The van der Waals surface area contributed by atoms with E-state index in [2.05, 4.69) is 10.3 Å². The standard InChI is InChI=1S/C25H28N6O5/c1-15-20(24-26-8-9-34-24)28-22(27-14-17-4-5-18(32-2)12-19(17)33-3)23-29-21(30-31(15)23)16-6-7-25(13-16)35-10-11-36-25/h4-5,8-9,12,16H,6-7,10-11,13-14H2,1-3H3,(H,27,28). The van der Waals surface area contributed by atoms with Crippen molar-refractivity contribution in [3.05, 3.63) is 47.7 Å². The Hall–Kier alpha value is -3.70. The van der Waals surface area contributed by atoms with E-state index < -0.39 is 5.79 Å². The molecule has 1 atom stereocenters. The number of aromatic nitrogens is 5. The monoisotopic (exact) mass is 492 g/mol. The van der Waals surface area contributed by atoms with Crippen LogP contribution in [0.15, 0.2) is 35.1 Å². The molecule has 1 aliphatic carbocycles. The number of fused-ring (bicyclic) bond motifs is 1. The van der Waals surface area contributed by atoms with Gasteiger partial charge in [0.2, 0.25) is 5.89 Å². The van der Waals surface area contributed by atoms with Crippen molar-refractivity contribution >= 4 is 11.5 Å². The molecule has 11 nitrogen and oxygen atoms in total. The Kier molecular flexibility index (Phi) is 5.73. The van der Waals surface area contributed by atoms with Gasteiger partial charge in [-0.3, -0.25) is 0 Å². The number of hydrogen-bond donors (Lipinski definition) is 1. The van der Waals surface area contributed by atoms with Crippen molar-refractivity contribution in [2.75, 3.05) is 32.8 Å². The minimum atomic E-state index is -0.495. The Balaban J connectivity index is 1.37. The fourth-order valence-electron chi connectivity index (χ4n) is 5.02. The highest BCUT2D eigenvalue weighted by molar-refractivity contribution is 5.68. The van der Waals surface area contributed by atoms with E-state index in [0.29, 0.717) is 48.6 Å². The summed E-state index contributed by atoms with van der Waals surface area (Å²) in [5.74, 6) is 2.84. The quantitative estimate of drug-likeness (QED) is 0.409. The van der Waals surface area contributed by atoms with Crippen molar-refractivity contribution < 1.29 is 23.4 Å². The summed E-state index contributed by atoms with van der Waals surface area (Å²) in [4.78, 5) is 14.1. The molecule has 0 amide bonds. The molecule has 6 rings (SSSR count). The van der Waals surface area contributed by atoms with E-state index in [1.54, 1.807) is 20.4 Å². The predicted molar refractivity (Wildman–Crippen MR) is 129 cm³/mol. The Morgan fingerprint density at radius 3 is 2.78 bits per heavy atom. The first-order valence-electron chi connectivity index (χ1n) is 12.0. The zero-order valence-electron chi connectivity index (χ0n) is 20.5. The van der Waals surface area contributed by atoms with Gasteiger partial charge in [-0.05, 0) is 25.5 Å². The lowest BCUT2D eigenvalue weighted by molar-refractivity contribution is -0.151. The van der Waals surface area contributed by atoms with Crippen LogP contribution in [0.2, 0.25) is 0 Å². The van der Waals surface area contributed by atoms with Crippen LogP contribution < -0.4 is 14.8 Å². The SMILES string of the molecule is COc1ccc(CNc2nc(-c3ncco3)c(C)n3nc(C4CCC5(C4)OCCO5)nc23)c(OC)c1. The fraction of sp³-hybridized carbons (Fsp3) is 0.440. The van der Waals surface area contributed by atoms with Gasteiger partial charge in [0.15, 0.2) is 23.1 Å². The Labute approximate surface area is 207 Å². The average molecular weight is 493 g/mol. The van der Waals surface area contributed by atoms with Crippen LogP contribution in [0.1, 0.15) is 42.3 Å². The van der Waals surface area contributed by atoms with Gasteiger partial charge in [0.25, 0.3) is 0 Å². The molecule has 188 valence electrons. The largest absolute Gasteiger partial charge is 0.497 e. The van der Waals surface area contributed by atoms with Crippen molar-refractivity contribution in [1.82, 2.24) is 24.6 Å². The first-order chi connectivity index (χ1) is 17.6. The molecule has 11 heteroatoms. The van der Waals surface area contributed by atoms with E-state index in [0.717, 1.165) is 42.1 Å². The van der Waals surface area contributed by atoms with Gasteiger partial charge in [0.05, 0.1) is 39.3 Å². The number of rotatable bonds is 7. The molecule has 4 heterocycles. The number of anilines is 1. The number of oxazole rings is 1. The van der Waals surface area contributed by atoms with Gasteiger partial charge in [0.1, 0.15) is 23.5 Å². The zero-order valence-corrected chi connectivity index (χ0v) is 20.5. The van der Waals surface area contributed by atoms with E-state index in [1.807, 2.05) is 29.6 Å². The molecule has 1 aliphatic heterocycles. The fourth-order valence-corrected chi connectivity index (χ4v) is 5.02. The van der Waals surface area contributed by atoms with Gasteiger partial charge in [0, 0.05) is 36.9 Å². The molecule has 1 saturated carbocycles. The van der Waals surface area contributed by atoms with E-state index in [9.17, 15) is 0 Å². The lowest BCUT2D eigenvalue weighted by Crippen LogP contribution is -2.25. The number of aryl methyl sites for hydroxylation is 1. The summed E-state index contributed by atoms with van der Waals surface area (Å²) < 4.78 is 30.1. The maximum atomic E-state index is 5.92. The summed E-state index contributed by atoms with van der Waals surface area (Å²) in [6.45, 7) is 3.67. The van der Waals surface area contributed by atoms with Crippen molar-refractivity contribution in [1.29, 1.82) is 0 Å². The van der Waals surface area contributed by atoms with Crippen molar-refractivity contribution in [3.63, 3.8) is 0 Å².